The molecule has 31 heavy (non-hydrogen) atoms. The van der Waals surface area contributed by atoms with Crippen molar-refractivity contribution in [3.05, 3.63) is 65.7 Å². The average molecular weight is 457 g/mol. The average Bonchev–Trinajstić information content (AvgIpc) is 3.11. The molecule has 4 nitrogen and oxygen atoms in total. The van der Waals surface area contributed by atoms with Gasteiger partial charge in [0.1, 0.15) is 16.8 Å². The molecule has 2 unspecified atom stereocenters. The van der Waals surface area contributed by atoms with E-state index >= 15 is 0 Å². The third kappa shape index (κ3) is 5.67. The second kappa shape index (κ2) is 9.70. The number of aryl methyl sites for hydroxylation is 1. The second-order valence-electron chi connectivity index (χ2n) is 8.59. The van der Waals surface area contributed by atoms with E-state index in [1.807, 2.05) is 58.0 Å². The summed E-state index contributed by atoms with van der Waals surface area (Å²) in [7, 11) is 0. The molecule has 1 aliphatic rings. The lowest BCUT2D eigenvalue weighted by atomic mass is 10.0. The Morgan fingerprint density at radius 2 is 1.90 bits per heavy atom. The second-order valence-corrected chi connectivity index (χ2v) is 12.2. The van der Waals surface area contributed by atoms with Gasteiger partial charge in [0.2, 0.25) is 5.60 Å². The lowest BCUT2D eigenvalue weighted by Gasteiger charge is -2.35. The van der Waals surface area contributed by atoms with Gasteiger partial charge in [0.15, 0.2) is 5.25 Å². The quantitative estimate of drug-likeness (QED) is 0.349. The number of carbonyl (C=O) groups excluding carboxylic acids is 1. The first-order valence-electron chi connectivity index (χ1n) is 10.2. The summed E-state index contributed by atoms with van der Waals surface area (Å²) in [4.78, 5) is 13.6. The minimum absolute atomic E-state index is 0.144. The van der Waals surface area contributed by atoms with Crippen molar-refractivity contribution in [3.63, 3.8) is 0 Å². The summed E-state index contributed by atoms with van der Waals surface area (Å²) in [5.74, 6) is 2.23. The Kier molecular flexibility index (Phi) is 7.43. The first kappa shape index (κ1) is 23.7. The summed E-state index contributed by atoms with van der Waals surface area (Å²) >= 11 is 0.252. The molecule has 0 spiro atoms. The maximum absolute atomic E-state index is 13.4. The van der Waals surface area contributed by atoms with Crippen molar-refractivity contribution >= 4 is 28.9 Å². The molecule has 1 saturated heterocycles. The van der Waals surface area contributed by atoms with Crippen molar-refractivity contribution in [3.8, 4) is 12.3 Å². The van der Waals surface area contributed by atoms with Crippen LogP contribution in [0.1, 0.15) is 43.1 Å². The van der Waals surface area contributed by atoms with E-state index < -0.39 is 32.7 Å². The van der Waals surface area contributed by atoms with E-state index in [2.05, 4.69) is 5.92 Å². The van der Waals surface area contributed by atoms with Crippen molar-refractivity contribution in [2.75, 3.05) is 6.61 Å². The van der Waals surface area contributed by atoms with Gasteiger partial charge >= 0.3 is 5.97 Å². The molecule has 2 aromatic carbocycles. The third-order valence-electron chi connectivity index (χ3n) is 5.09. The SMILES string of the molecule is C#C[C@]1(COC(=O)c2ccccc2)OC(Sc2ccc(C)cc2)C[C@H]1[S+]([O-])C(C)(C)C. The molecule has 1 fully saturated rings. The van der Waals surface area contributed by atoms with E-state index in [1.54, 1.807) is 36.0 Å². The molecular formula is C25H28O4S2. The molecular weight excluding hydrogens is 428 g/mol. The van der Waals surface area contributed by atoms with Crippen LogP contribution in [0.15, 0.2) is 59.5 Å². The first-order chi connectivity index (χ1) is 14.6. The van der Waals surface area contributed by atoms with Crippen LogP contribution in [0.3, 0.4) is 0 Å². The fourth-order valence-electron chi connectivity index (χ4n) is 3.38. The number of hydrogen-bond acceptors (Lipinski definition) is 5. The Balaban J connectivity index is 1.81. The van der Waals surface area contributed by atoms with Gasteiger partial charge in [-0.3, -0.25) is 0 Å². The predicted octanol–water partition coefficient (Wildman–Crippen LogP) is 4.98. The smallest absolute Gasteiger partial charge is 0.338 e. The highest BCUT2D eigenvalue weighted by Crippen LogP contribution is 2.45. The van der Waals surface area contributed by atoms with Crippen molar-refractivity contribution in [2.24, 2.45) is 0 Å². The number of esters is 1. The summed E-state index contributed by atoms with van der Waals surface area (Å²) in [6.45, 7) is 7.64. The largest absolute Gasteiger partial charge is 0.616 e. The van der Waals surface area contributed by atoms with E-state index in [4.69, 9.17) is 15.9 Å². The first-order valence-corrected chi connectivity index (χ1v) is 12.3. The predicted molar refractivity (Wildman–Crippen MR) is 126 cm³/mol. The van der Waals surface area contributed by atoms with Gasteiger partial charge in [-0.1, -0.05) is 53.6 Å². The molecule has 0 saturated carbocycles. The monoisotopic (exact) mass is 456 g/mol. The van der Waals surface area contributed by atoms with Crippen molar-refractivity contribution in [1.29, 1.82) is 0 Å². The Bertz CT molecular complexity index is 931. The van der Waals surface area contributed by atoms with Crippen LogP contribution in [0, 0.1) is 19.3 Å². The number of benzene rings is 2. The van der Waals surface area contributed by atoms with Crippen LogP contribution < -0.4 is 0 Å². The van der Waals surface area contributed by atoms with Gasteiger partial charge < -0.3 is 14.0 Å². The zero-order chi connectivity index (χ0) is 22.6. The molecule has 6 heteroatoms. The number of ether oxygens (including phenoxy) is 2. The zero-order valence-electron chi connectivity index (χ0n) is 18.3. The molecule has 4 atom stereocenters. The summed E-state index contributed by atoms with van der Waals surface area (Å²) in [6, 6.07) is 16.9. The molecule has 1 heterocycles. The minimum Gasteiger partial charge on any atom is -0.616 e. The fraction of sp³-hybridized carbons (Fsp3) is 0.400. The Morgan fingerprint density at radius 3 is 2.48 bits per heavy atom. The molecule has 164 valence electrons. The summed E-state index contributed by atoms with van der Waals surface area (Å²) < 4.78 is 24.8. The van der Waals surface area contributed by atoms with Crippen LogP contribution in [0.4, 0.5) is 0 Å². The van der Waals surface area contributed by atoms with Gasteiger partial charge in [-0.2, -0.15) is 0 Å². The molecule has 0 N–H and O–H groups in total. The van der Waals surface area contributed by atoms with E-state index in [9.17, 15) is 9.35 Å². The van der Waals surface area contributed by atoms with Gasteiger partial charge in [-0.25, -0.2) is 4.79 Å². The van der Waals surface area contributed by atoms with E-state index in [0.717, 1.165) is 4.90 Å². The van der Waals surface area contributed by atoms with E-state index in [1.165, 1.54) is 5.56 Å². The summed E-state index contributed by atoms with van der Waals surface area (Å²) in [5, 5.41) is -0.455. The maximum Gasteiger partial charge on any atom is 0.338 e. The zero-order valence-corrected chi connectivity index (χ0v) is 19.9. The van der Waals surface area contributed by atoms with Gasteiger partial charge in [0.25, 0.3) is 0 Å². The molecule has 0 aliphatic carbocycles. The van der Waals surface area contributed by atoms with Gasteiger partial charge in [0, 0.05) is 11.3 Å². The van der Waals surface area contributed by atoms with Crippen LogP contribution in [-0.4, -0.2) is 38.2 Å². The Hall–Kier alpha value is -1.91. The summed E-state index contributed by atoms with van der Waals surface area (Å²) in [6.07, 6.45) is 6.44. The standard InChI is InChI=1S/C25H28O4S2/c1-6-25(17-28-23(26)19-10-8-7-9-11-19)21(31(27)24(3,4)5)16-22(29-25)30-20-14-12-18(2)13-15-20/h1,7-15,21-22H,16-17H2,2-5H3/t21-,22?,25-,31?/m1/s1. The molecule has 0 amide bonds. The minimum atomic E-state index is -1.30. The van der Waals surface area contributed by atoms with Crippen LogP contribution in [0.25, 0.3) is 0 Å². The van der Waals surface area contributed by atoms with E-state index in [0.29, 0.717) is 12.0 Å². The number of thioether (sulfide) groups is 1. The lowest BCUT2D eigenvalue weighted by Crippen LogP contribution is -2.51. The van der Waals surface area contributed by atoms with Crippen LogP contribution in [0.2, 0.25) is 0 Å². The number of hydrogen-bond donors (Lipinski definition) is 0. The molecule has 0 aromatic heterocycles. The Labute approximate surface area is 192 Å². The molecule has 0 radical (unpaired) electrons. The maximum atomic E-state index is 13.4. The summed E-state index contributed by atoms with van der Waals surface area (Å²) in [5.41, 5.74) is 0.0803. The molecule has 2 aromatic rings. The van der Waals surface area contributed by atoms with Gasteiger partial charge in [-0.15, -0.1) is 6.42 Å². The number of rotatable bonds is 6. The van der Waals surface area contributed by atoms with E-state index in [-0.39, 0.29) is 12.0 Å². The van der Waals surface area contributed by atoms with Crippen molar-refractivity contribution in [2.45, 2.75) is 60.0 Å². The fourth-order valence-corrected chi connectivity index (χ4v) is 6.35. The van der Waals surface area contributed by atoms with Crippen LogP contribution >= 0.6 is 11.8 Å². The van der Waals surface area contributed by atoms with Crippen molar-refractivity contribution in [1.82, 2.24) is 0 Å². The topological polar surface area (TPSA) is 58.6 Å². The van der Waals surface area contributed by atoms with Crippen LogP contribution in [-0.2, 0) is 20.6 Å². The highest BCUT2D eigenvalue weighted by atomic mass is 32.2. The third-order valence-corrected chi connectivity index (χ3v) is 8.48. The van der Waals surface area contributed by atoms with Gasteiger partial charge in [-0.05, 0) is 63.1 Å². The number of terminal acetylenes is 1. The Morgan fingerprint density at radius 1 is 1.26 bits per heavy atom. The molecule has 0 bridgehead atoms. The van der Waals surface area contributed by atoms with Gasteiger partial charge in [0.05, 0.1) is 5.56 Å². The molecule has 1 aliphatic heterocycles. The molecule has 3 rings (SSSR count). The van der Waals surface area contributed by atoms with Crippen molar-refractivity contribution < 1.29 is 18.8 Å². The highest BCUT2D eigenvalue weighted by molar-refractivity contribution is 8.00. The van der Waals surface area contributed by atoms with Crippen LogP contribution in [0.5, 0.6) is 0 Å². The normalized spacial score (nSPS) is 24.4. The lowest BCUT2D eigenvalue weighted by molar-refractivity contribution is -0.0216. The highest BCUT2D eigenvalue weighted by Gasteiger charge is 2.57. The number of carbonyl (C=O) groups is 1.